The van der Waals surface area contributed by atoms with E-state index < -0.39 is 6.04 Å². The highest BCUT2D eigenvalue weighted by molar-refractivity contribution is 6.42. The first-order valence-electron chi connectivity index (χ1n) is 11.5. The summed E-state index contributed by atoms with van der Waals surface area (Å²) in [5, 5.41) is 1.22. The molecule has 35 heavy (non-hydrogen) atoms. The summed E-state index contributed by atoms with van der Waals surface area (Å²) in [4.78, 5) is 34.1. The first-order valence-corrected chi connectivity index (χ1v) is 12.3. The van der Waals surface area contributed by atoms with Gasteiger partial charge in [-0.15, -0.1) is 0 Å². The lowest BCUT2D eigenvalue weighted by molar-refractivity contribution is 0.0655. The molecule has 5 nitrogen and oxygen atoms in total. The minimum absolute atomic E-state index is 0.172. The van der Waals surface area contributed by atoms with E-state index in [0.717, 1.165) is 5.56 Å². The summed E-state index contributed by atoms with van der Waals surface area (Å²) in [7, 11) is 0. The summed E-state index contributed by atoms with van der Waals surface area (Å²) in [6.45, 7) is 8.44. The van der Waals surface area contributed by atoms with Gasteiger partial charge in [0.15, 0.2) is 0 Å². The molecule has 1 unspecified atom stereocenters. The highest BCUT2D eigenvalue weighted by Crippen LogP contribution is 2.28. The normalized spacial score (nSPS) is 12.2. The number of nitrogens with zero attached hydrogens (tertiary/aromatic N) is 3. The van der Waals surface area contributed by atoms with Gasteiger partial charge in [-0.25, -0.2) is 4.98 Å². The van der Waals surface area contributed by atoms with Gasteiger partial charge in [0.2, 0.25) is 0 Å². The largest absolute Gasteiger partial charge is 0.328 e. The van der Waals surface area contributed by atoms with Crippen LogP contribution in [0.4, 0.5) is 0 Å². The lowest BCUT2D eigenvalue weighted by Gasteiger charge is -2.32. The van der Waals surface area contributed by atoms with Crippen molar-refractivity contribution < 1.29 is 4.79 Å². The van der Waals surface area contributed by atoms with Crippen LogP contribution in [-0.2, 0) is 0 Å². The average molecular weight is 508 g/mol. The fraction of sp³-hybridized carbons (Fsp3) is 0.250. The van der Waals surface area contributed by atoms with Crippen LogP contribution in [0.15, 0.2) is 71.5 Å². The van der Waals surface area contributed by atoms with Gasteiger partial charge in [0.05, 0.1) is 32.7 Å². The van der Waals surface area contributed by atoms with Gasteiger partial charge in [0, 0.05) is 12.1 Å². The van der Waals surface area contributed by atoms with Crippen molar-refractivity contribution in [1.29, 1.82) is 0 Å². The standard InChI is InChI=1S/C28H27Cl2N3O2/c1-17(2)16-32(27(34)20-12-13-23(29)24(30)15-20)19(4)26-31-25-11-6-5-10-22(25)28(35)33(26)21-9-7-8-18(3)14-21/h5-15,17,19H,16H2,1-4H3. The van der Waals surface area contributed by atoms with E-state index in [-0.39, 0.29) is 17.4 Å². The van der Waals surface area contributed by atoms with E-state index in [1.807, 2.05) is 70.2 Å². The maximum absolute atomic E-state index is 13.7. The average Bonchev–Trinajstić information content (AvgIpc) is 2.83. The number of para-hydroxylation sites is 1. The fourth-order valence-electron chi connectivity index (χ4n) is 4.19. The summed E-state index contributed by atoms with van der Waals surface area (Å²) in [5.41, 5.74) is 2.58. The molecule has 0 radical (unpaired) electrons. The van der Waals surface area contributed by atoms with Gasteiger partial charge in [-0.1, -0.05) is 61.3 Å². The van der Waals surface area contributed by atoms with Gasteiger partial charge >= 0.3 is 0 Å². The second-order valence-corrected chi connectivity index (χ2v) is 9.94. The molecule has 4 aromatic rings. The summed E-state index contributed by atoms with van der Waals surface area (Å²) in [6, 6.07) is 19.4. The van der Waals surface area contributed by atoms with Crippen LogP contribution in [0.25, 0.3) is 16.6 Å². The Hall–Kier alpha value is -3.15. The first kappa shape index (κ1) is 25.0. The van der Waals surface area contributed by atoms with Gasteiger partial charge in [0.25, 0.3) is 11.5 Å². The molecule has 1 atom stereocenters. The number of aromatic nitrogens is 2. The molecular weight excluding hydrogens is 481 g/mol. The molecular formula is C28H27Cl2N3O2. The molecule has 0 saturated heterocycles. The van der Waals surface area contributed by atoms with Crippen LogP contribution in [0.2, 0.25) is 10.0 Å². The Morgan fingerprint density at radius 1 is 0.971 bits per heavy atom. The van der Waals surface area contributed by atoms with Gasteiger partial charge in [-0.2, -0.15) is 0 Å². The molecule has 0 spiro atoms. The smallest absolute Gasteiger partial charge is 0.266 e. The molecule has 1 aromatic heterocycles. The van der Waals surface area contributed by atoms with E-state index in [0.29, 0.717) is 44.6 Å². The number of aryl methyl sites for hydroxylation is 1. The number of carbonyl (C=O) groups is 1. The Kier molecular flexibility index (Phi) is 7.29. The van der Waals surface area contributed by atoms with Crippen molar-refractivity contribution in [3.05, 3.63) is 104 Å². The van der Waals surface area contributed by atoms with E-state index in [4.69, 9.17) is 28.2 Å². The molecule has 0 bridgehead atoms. The number of hydrogen-bond acceptors (Lipinski definition) is 3. The van der Waals surface area contributed by atoms with E-state index in [9.17, 15) is 9.59 Å². The minimum Gasteiger partial charge on any atom is -0.328 e. The first-order chi connectivity index (χ1) is 16.7. The molecule has 7 heteroatoms. The molecule has 0 fully saturated rings. The number of rotatable bonds is 6. The van der Waals surface area contributed by atoms with E-state index in [1.165, 1.54) is 0 Å². The predicted octanol–water partition coefficient (Wildman–Crippen LogP) is 6.86. The maximum Gasteiger partial charge on any atom is 0.266 e. The van der Waals surface area contributed by atoms with Crippen LogP contribution in [0, 0.1) is 12.8 Å². The van der Waals surface area contributed by atoms with Crippen LogP contribution >= 0.6 is 23.2 Å². The second kappa shape index (κ2) is 10.2. The number of fused-ring (bicyclic) bond motifs is 1. The van der Waals surface area contributed by atoms with Crippen molar-refractivity contribution in [2.24, 2.45) is 5.92 Å². The van der Waals surface area contributed by atoms with Gasteiger partial charge < -0.3 is 4.90 Å². The second-order valence-electron chi connectivity index (χ2n) is 9.12. The molecule has 0 N–H and O–H groups in total. The molecule has 0 aliphatic carbocycles. The van der Waals surface area contributed by atoms with Crippen LogP contribution < -0.4 is 5.56 Å². The Balaban J connectivity index is 1.92. The van der Waals surface area contributed by atoms with Gasteiger partial charge in [-0.3, -0.25) is 14.2 Å². The van der Waals surface area contributed by atoms with Crippen LogP contribution in [0.5, 0.6) is 0 Å². The number of halogens is 2. The molecule has 1 heterocycles. The molecule has 0 saturated carbocycles. The third kappa shape index (κ3) is 5.12. The Bertz CT molecular complexity index is 1460. The lowest BCUT2D eigenvalue weighted by Crippen LogP contribution is -2.39. The summed E-state index contributed by atoms with van der Waals surface area (Å²) in [6.07, 6.45) is 0. The zero-order valence-corrected chi connectivity index (χ0v) is 21.6. The number of carbonyl (C=O) groups excluding carboxylic acids is 1. The molecule has 1 amide bonds. The van der Waals surface area contributed by atoms with Gasteiger partial charge in [-0.05, 0) is 67.8 Å². The third-order valence-electron chi connectivity index (χ3n) is 5.89. The summed E-state index contributed by atoms with van der Waals surface area (Å²) >= 11 is 12.3. The van der Waals surface area contributed by atoms with Crippen molar-refractivity contribution in [1.82, 2.24) is 14.5 Å². The number of amides is 1. The fourth-order valence-corrected chi connectivity index (χ4v) is 4.49. The van der Waals surface area contributed by atoms with Crippen molar-refractivity contribution in [2.75, 3.05) is 6.54 Å². The lowest BCUT2D eigenvalue weighted by atomic mass is 10.1. The van der Waals surface area contributed by atoms with Crippen molar-refractivity contribution in [3.63, 3.8) is 0 Å². The summed E-state index contributed by atoms with van der Waals surface area (Å²) in [5.74, 6) is 0.472. The van der Waals surface area contributed by atoms with Crippen LogP contribution in [0.1, 0.15) is 48.6 Å². The van der Waals surface area contributed by atoms with Crippen LogP contribution in [0.3, 0.4) is 0 Å². The number of hydrogen-bond donors (Lipinski definition) is 0. The maximum atomic E-state index is 13.7. The highest BCUT2D eigenvalue weighted by atomic mass is 35.5. The van der Waals surface area contributed by atoms with Crippen molar-refractivity contribution in [2.45, 2.75) is 33.7 Å². The van der Waals surface area contributed by atoms with E-state index in [1.54, 1.807) is 33.7 Å². The topological polar surface area (TPSA) is 55.2 Å². The molecule has 0 aliphatic heterocycles. The molecule has 0 aliphatic rings. The molecule has 3 aromatic carbocycles. The molecule has 180 valence electrons. The Morgan fingerprint density at radius 3 is 2.40 bits per heavy atom. The van der Waals surface area contributed by atoms with Gasteiger partial charge in [0.1, 0.15) is 5.82 Å². The SMILES string of the molecule is Cc1cccc(-n2c(C(C)N(CC(C)C)C(=O)c3ccc(Cl)c(Cl)c3)nc3ccccc3c2=O)c1. The van der Waals surface area contributed by atoms with Crippen molar-refractivity contribution in [3.8, 4) is 5.69 Å². The third-order valence-corrected chi connectivity index (χ3v) is 6.63. The quantitative estimate of drug-likeness (QED) is 0.286. The molecule has 4 rings (SSSR count). The Labute approximate surface area is 214 Å². The Morgan fingerprint density at radius 2 is 1.71 bits per heavy atom. The monoisotopic (exact) mass is 507 g/mol. The zero-order chi connectivity index (χ0) is 25.3. The minimum atomic E-state index is -0.503. The zero-order valence-electron chi connectivity index (χ0n) is 20.1. The predicted molar refractivity (Wildman–Crippen MR) is 143 cm³/mol. The van der Waals surface area contributed by atoms with Crippen LogP contribution in [-0.4, -0.2) is 26.9 Å². The van der Waals surface area contributed by atoms with E-state index in [2.05, 4.69) is 0 Å². The summed E-state index contributed by atoms with van der Waals surface area (Å²) < 4.78 is 1.62. The van der Waals surface area contributed by atoms with E-state index >= 15 is 0 Å². The highest BCUT2D eigenvalue weighted by Gasteiger charge is 2.28. The number of benzene rings is 3. The van der Waals surface area contributed by atoms with Crippen molar-refractivity contribution >= 4 is 40.0 Å².